The number of ketones is 1. The lowest BCUT2D eigenvalue weighted by Gasteiger charge is -2.11. The first kappa shape index (κ1) is 18.9. The zero-order chi connectivity index (χ0) is 18.9. The summed E-state index contributed by atoms with van der Waals surface area (Å²) in [4.78, 5) is 32.8. The fraction of sp³-hybridized carbons (Fsp3) is 0.158. The number of hydrogen-bond acceptors (Lipinski definition) is 6. The second-order valence-corrected chi connectivity index (χ2v) is 5.41. The molecule has 7 nitrogen and oxygen atoms in total. The number of rotatable bonds is 8. The van der Waals surface area contributed by atoms with E-state index in [1.807, 2.05) is 6.07 Å². The molecule has 0 saturated carbocycles. The maximum atomic E-state index is 11.6. The highest BCUT2D eigenvalue weighted by Gasteiger charge is 2.10. The minimum absolute atomic E-state index is 0.0273. The Morgan fingerprint density at radius 1 is 1.08 bits per heavy atom. The highest BCUT2D eigenvalue weighted by Crippen LogP contribution is 2.18. The van der Waals surface area contributed by atoms with E-state index < -0.39 is 10.9 Å². The lowest BCUT2D eigenvalue weighted by Crippen LogP contribution is -2.13. The summed E-state index contributed by atoms with van der Waals surface area (Å²) >= 11 is 0. The molecule has 0 aliphatic heterocycles. The molecule has 0 bridgehead atoms. The van der Waals surface area contributed by atoms with Crippen molar-refractivity contribution in [3.05, 3.63) is 76.0 Å². The third-order valence-electron chi connectivity index (χ3n) is 3.19. The van der Waals surface area contributed by atoms with Gasteiger partial charge in [-0.3, -0.25) is 19.7 Å². The summed E-state index contributed by atoms with van der Waals surface area (Å²) in [7, 11) is 0. The second kappa shape index (κ2) is 9.12. The van der Waals surface area contributed by atoms with Crippen molar-refractivity contribution in [1.82, 2.24) is 0 Å². The van der Waals surface area contributed by atoms with E-state index in [1.54, 1.807) is 42.5 Å². The number of para-hydroxylation sites is 1. The van der Waals surface area contributed by atoms with Crippen LogP contribution in [0, 0.1) is 10.1 Å². The summed E-state index contributed by atoms with van der Waals surface area (Å²) in [5.74, 6) is -0.0751. The van der Waals surface area contributed by atoms with E-state index in [4.69, 9.17) is 9.47 Å². The summed E-state index contributed by atoms with van der Waals surface area (Å²) in [5.41, 5.74) is 0.615. The van der Waals surface area contributed by atoms with E-state index in [1.165, 1.54) is 19.1 Å². The quantitative estimate of drug-likeness (QED) is 0.236. The van der Waals surface area contributed by atoms with Gasteiger partial charge < -0.3 is 9.47 Å². The number of carbonyl (C=O) groups excluding carboxylic acids is 2. The molecular weight excluding hydrogens is 338 g/mol. The minimum Gasteiger partial charge on any atom is -0.458 e. The molecule has 0 saturated heterocycles. The number of ether oxygens (including phenoxy) is 2. The number of nitrogens with zero attached hydrogens (tertiary/aromatic N) is 1. The van der Waals surface area contributed by atoms with Crippen molar-refractivity contribution in [2.24, 2.45) is 0 Å². The molecule has 0 spiro atoms. The summed E-state index contributed by atoms with van der Waals surface area (Å²) in [6, 6.07) is 14.7. The Balaban J connectivity index is 2.16. The fourth-order valence-corrected chi connectivity index (χ4v) is 2.02. The molecule has 0 amide bonds. The molecule has 2 aromatic rings. The van der Waals surface area contributed by atoms with Gasteiger partial charge in [-0.15, -0.1) is 0 Å². The minimum atomic E-state index is -0.649. The third-order valence-corrected chi connectivity index (χ3v) is 3.19. The molecule has 0 heterocycles. The van der Waals surface area contributed by atoms with Gasteiger partial charge in [0.15, 0.2) is 0 Å². The van der Waals surface area contributed by atoms with Gasteiger partial charge in [0.1, 0.15) is 30.3 Å². The van der Waals surface area contributed by atoms with E-state index in [0.717, 1.165) is 0 Å². The van der Waals surface area contributed by atoms with Crippen LogP contribution >= 0.6 is 0 Å². The lowest BCUT2D eigenvalue weighted by atomic mass is 10.2. The van der Waals surface area contributed by atoms with Gasteiger partial charge in [0.25, 0.3) is 5.69 Å². The van der Waals surface area contributed by atoms with Crippen molar-refractivity contribution in [2.45, 2.75) is 13.3 Å². The predicted octanol–water partition coefficient (Wildman–Crippen LogP) is 3.54. The Bertz CT molecular complexity index is 812. The van der Waals surface area contributed by atoms with Crippen LogP contribution in [0.15, 0.2) is 60.4 Å². The maximum absolute atomic E-state index is 11.6. The molecule has 0 aliphatic rings. The highest BCUT2D eigenvalue weighted by molar-refractivity contribution is 5.94. The third kappa shape index (κ3) is 6.20. The molecule has 2 rings (SSSR count). The molecule has 134 valence electrons. The first-order valence-electron chi connectivity index (χ1n) is 7.77. The molecule has 0 aliphatic carbocycles. The number of hydrogen-bond donors (Lipinski definition) is 0. The van der Waals surface area contributed by atoms with Crippen molar-refractivity contribution in [2.75, 3.05) is 6.61 Å². The number of non-ortho nitro benzene ring substituents is 1. The van der Waals surface area contributed by atoms with Crippen molar-refractivity contribution >= 4 is 23.5 Å². The standard InChI is InChI=1S/C19H17NO6/c1-14(21)11-19(22)25-13-18(26-17-5-3-2-4-6-17)12-15-7-9-16(10-8-15)20(23)24/h2-10,12H,11,13H2,1H3/b18-12+. The molecule has 0 radical (unpaired) electrons. The Kier molecular flexibility index (Phi) is 6.61. The van der Waals surface area contributed by atoms with Crippen LogP contribution in [-0.4, -0.2) is 23.3 Å². The van der Waals surface area contributed by atoms with Gasteiger partial charge in [-0.2, -0.15) is 0 Å². The SMILES string of the molecule is CC(=O)CC(=O)OC/C(=C\c1ccc([N+](=O)[O-])cc1)Oc1ccccc1. The van der Waals surface area contributed by atoms with Gasteiger partial charge in [-0.05, 0) is 42.8 Å². The van der Waals surface area contributed by atoms with E-state index >= 15 is 0 Å². The maximum Gasteiger partial charge on any atom is 0.313 e. The van der Waals surface area contributed by atoms with Crippen LogP contribution in [0.5, 0.6) is 5.75 Å². The number of Topliss-reactive ketones (excluding diaryl/α,β-unsaturated/α-hetero) is 1. The highest BCUT2D eigenvalue weighted by atomic mass is 16.6. The average Bonchev–Trinajstić information content (AvgIpc) is 2.60. The number of carbonyl (C=O) groups is 2. The van der Waals surface area contributed by atoms with Crippen LogP contribution in [0.25, 0.3) is 6.08 Å². The summed E-state index contributed by atoms with van der Waals surface area (Å²) in [5, 5.41) is 10.7. The zero-order valence-electron chi connectivity index (χ0n) is 14.1. The molecule has 2 aromatic carbocycles. The van der Waals surface area contributed by atoms with E-state index in [0.29, 0.717) is 17.1 Å². The van der Waals surface area contributed by atoms with Crippen LogP contribution in [0.3, 0.4) is 0 Å². The zero-order valence-corrected chi connectivity index (χ0v) is 14.1. The Morgan fingerprint density at radius 2 is 1.73 bits per heavy atom. The van der Waals surface area contributed by atoms with Crippen LogP contribution in [0.2, 0.25) is 0 Å². The van der Waals surface area contributed by atoms with E-state index in [2.05, 4.69) is 0 Å². The van der Waals surface area contributed by atoms with Gasteiger partial charge in [0.05, 0.1) is 4.92 Å². The number of esters is 1. The first-order valence-corrected chi connectivity index (χ1v) is 7.77. The summed E-state index contributed by atoms with van der Waals surface area (Å²) in [6.45, 7) is 1.13. The van der Waals surface area contributed by atoms with Crippen LogP contribution < -0.4 is 4.74 Å². The summed E-state index contributed by atoms with van der Waals surface area (Å²) < 4.78 is 10.8. The number of nitro benzene ring substituents is 1. The molecule has 0 unspecified atom stereocenters. The largest absolute Gasteiger partial charge is 0.458 e. The van der Waals surface area contributed by atoms with Crippen LogP contribution in [0.4, 0.5) is 5.69 Å². The smallest absolute Gasteiger partial charge is 0.313 e. The van der Waals surface area contributed by atoms with E-state index in [9.17, 15) is 19.7 Å². The van der Waals surface area contributed by atoms with Crippen molar-refractivity contribution < 1.29 is 24.0 Å². The van der Waals surface area contributed by atoms with Crippen molar-refractivity contribution in [3.8, 4) is 5.75 Å². The second-order valence-electron chi connectivity index (χ2n) is 5.41. The number of benzene rings is 2. The predicted molar refractivity (Wildman–Crippen MR) is 94.4 cm³/mol. The van der Waals surface area contributed by atoms with Crippen molar-refractivity contribution in [1.29, 1.82) is 0 Å². The summed E-state index contributed by atoms with van der Waals surface area (Å²) in [6.07, 6.45) is 1.30. The average molecular weight is 355 g/mol. The Morgan fingerprint density at radius 3 is 2.31 bits per heavy atom. The lowest BCUT2D eigenvalue weighted by molar-refractivity contribution is -0.384. The van der Waals surface area contributed by atoms with Gasteiger partial charge in [-0.25, -0.2) is 0 Å². The van der Waals surface area contributed by atoms with Gasteiger partial charge in [0, 0.05) is 12.1 Å². The normalized spacial score (nSPS) is 10.9. The Hall–Kier alpha value is -3.48. The molecule has 0 aromatic heterocycles. The van der Waals surface area contributed by atoms with E-state index in [-0.39, 0.29) is 24.5 Å². The molecule has 26 heavy (non-hydrogen) atoms. The number of nitro groups is 1. The van der Waals surface area contributed by atoms with Gasteiger partial charge in [-0.1, -0.05) is 18.2 Å². The monoisotopic (exact) mass is 355 g/mol. The van der Waals surface area contributed by atoms with Gasteiger partial charge in [0.2, 0.25) is 0 Å². The molecule has 0 N–H and O–H groups in total. The molecule has 0 atom stereocenters. The van der Waals surface area contributed by atoms with Crippen LogP contribution in [0.1, 0.15) is 18.9 Å². The molecular formula is C19H17NO6. The molecule has 0 fully saturated rings. The van der Waals surface area contributed by atoms with Crippen molar-refractivity contribution in [3.63, 3.8) is 0 Å². The Labute approximate surface area is 150 Å². The van der Waals surface area contributed by atoms with Gasteiger partial charge >= 0.3 is 5.97 Å². The topological polar surface area (TPSA) is 95.7 Å². The van der Waals surface area contributed by atoms with Crippen LogP contribution in [-0.2, 0) is 14.3 Å². The fourth-order valence-electron chi connectivity index (χ4n) is 2.02. The first-order chi connectivity index (χ1) is 12.4. The molecule has 7 heteroatoms.